The van der Waals surface area contributed by atoms with E-state index in [0.717, 1.165) is 25.9 Å². The number of nitrogens with one attached hydrogen (secondary N) is 1. The highest BCUT2D eigenvalue weighted by Crippen LogP contribution is 2.14. The molecule has 3 N–H and O–H groups in total. The quantitative estimate of drug-likeness (QED) is 0.649. The van der Waals surface area contributed by atoms with Gasteiger partial charge in [-0.2, -0.15) is 0 Å². The maximum Gasteiger partial charge on any atom is 0.317 e. The molecule has 23 heavy (non-hydrogen) atoms. The Bertz CT molecular complexity index is 401. The van der Waals surface area contributed by atoms with E-state index in [4.69, 9.17) is 15.2 Å². The predicted molar refractivity (Wildman–Crippen MR) is 85.0 cm³/mol. The van der Waals surface area contributed by atoms with Crippen LogP contribution in [0.25, 0.3) is 0 Å². The molecule has 2 aliphatic rings. The summed E-state index contributed by atoms with van der Waals surface area (Å²) >= 11 is 0. The highest BCUT2D eigenvalue weighted by atomic mass is 16.5. The van der Waals surface area contributed by atoms with Crippen molar-refractivity contribution in [3.05, 3.63) is 0 Å². The molecule has 0 aliphatic carbocycles. The molecular formula is C15H28N4O4. The number of likely N-dealkylation sites (N-methyl/N-ethyl adjacent to an activating group) is 1. The molecule has 2 rings (SSSR count). The second-order valence-electron chi connectivity index (χ2n) is 6.26. The van der Waals surface area contributed by atoms with Gasteiger partial charge in [-0.1, -0.05) is 0 Å². The Balaban J connectivity index is 1.67. The molecule has 2 fully saturated rings. The first-order chi connectivity index (χ1) is 11.0. The summed E-state index contributed by atoms with van der Waals surface area (Å²) in [5.74, 6) is -0.368. The highest BCUT2D eigenvalue weighted by Gasteiger charge is 2.25. The summed E-state index contributed by atoms with van der Waals surface area (Å²) in [5.41, 5.74) is 5.17. The minimum atomic E-state index is -0.368. The van der Waals surface area contributed by atoms with Gasteiger partial charge in [0.2, 0.25) is 5.91 Å². The molecule has 0 saturated carbocycles. The Labute approximate surface area is 137 Å². The molecule has 0 unspecified atom stereocenters. The zero-order valence-electron chi connectivity index (χ0n) is 13.8. The van der Waals surface area contributed by atoms with Gasteiger partial charge >= 0.3 is 6.03 Å². The maximum absolute atomic E-state index is 12.2. The Morgan fingerprint density at radius 2 is 2.09 bits per heavy atom. The minimum absolute atomic E-state index is 0.0612. The zero-order chi connectivity index (χ0) is 16.7. The highest BCUT2D eigenvalue weighted by molar-refractivity contribution is 5.76. The first-order valence-electron chi connectivity index (χ1n) is 8.27. The second kappa shape index (κ2) is 9.05. The third kappa shape index (κ3) is 6.32. The number of nitrogens with two attached hydrogens (primary N) is 1. The number of amides is 3. The lowest BCUT2D eigenvalue weighted by Crippen LogP contribution is -2.52. The van der Waals surface area contributed by atoms with Crippen LogP contribution in [0.4, 0.5) is 4.79 Å². The Hall–Kier alpha value is -1.38. The van der Waals surface area contributed by atoms with Crippen LogP contribution >= 0.6 is 0 Å². The number of primary amides is 1. The summed E-state index contributed by atoms with van der Waals surface area (Å²) in [5, 5.41) is 2.95. The number of hydrogen-bond acceptors (Lipinski definition) is 5. The molecule has 0 aromatic heterocycles. The SMILES string of the molecule is CN(CC(N)=O)C[C@H]1CN(C(=O)NCC[C@H]2CCCO2)CCO1. The third-order valence-electron chi connectivity index (χ3n) is 4.13. The van der Waals surface area contributed by atoms with Crippen LogP contribution in [-0.4, -0.2) is 86.9 Å². The van der Waals surface area contributed by atoms with Crippen molar-refractivity contribution in [2.24, 2.45) is 5.73 Å². The van der Waals surface area contributed by atoms with Crippen molar-refractivity contribution < 1.29 is 19.1 Å². The molecular weight excluding hydrogens is 300 g/mol. The number of rotatable bonds is 7. The number of nitrogens with zero attached hydrogens (tertiary/aromatic N) is 2. The lowest BCUT2D eigenvalue weighted by atomic mass is 10.2. The fourth-order valence-electron chi connectivity index (χ4n) is 3.02. The van der Waals surface area contributed by atoms with E-state index in [1.165, 1.54) is 0 Å². The summed E-state index contributed by atoms with van der Waals surface area (Å²) < 4.78 is 11.2. The second-order valence-corrected chi connectivity index (χ2v) is 6.26. The van der Waals surface area contributed by atoms with Gasteiger partial charge in [0.15, 0.2) is 0 Å². The summed E-state index contributed by atoms with van der Waals surface area (Å²) in [6.45, 7) is 3.84. The number of morpholine rings is 1. The lowest BCUT2D eigenvalue weighted by molar-refractivity contribution is -0.119. The average molecular weight is 328 g/mol. The first-order valence-corrected chi connectivity index (χ1v) is 8.27. The summed E-state index contributed by atoms with van der Waals surface area (Å²) in [4.78, 5) is 26.7. The summed E-state index contributed by atoms with van der Waals surface area (Å²) in [7, 11) is 1.81. The molecule has 8 nitrogen and oxygen atoms in total. The van der Waals surface area contributed by atoms with Gasteiger partial charge in [-0.05, 0) is 26.3 Å². The van der Waals surface area contributed by atoms with Gasteiger partial charge in [0, 0.05) is 32.8 Å². The lowest BCUT2D eigenvalue weighted by Gasteiger charge is -2.34. The van der Waals surface area contributed by atoms with Gasteiger partial charge in [-0.15, -0.1) is 0 Å². The molecule has 8 heteroatoms. The topological polar surface area (TPSA) is 97.1 Å². The van der Waals surface area contributed by atoms with E-state index in [9.17, 15) is 9.59 Å². The first kappa shape index (κ1) is 18.0. The Morgan fingerprint density at radius 3 is 2.78 bits per heavy atom. The fraction of sp³-hybridized carbons (Fsp3) is 0.867. The standard InChI is InChI=1S/C15H28N4O4/c1-18(11-14(16)20)9-13-10-19(6-8-23-13)15(21)17-5-4-12-3-2-7-22-12/h12-13H,2-11H2,1H3,(H2,16,20)(H,17,21)/t12-,13+/m1/s1. The van der Waals surface area contributed by atoms with Crippen LogP contribution in [0.3, 0.4) is 0 Å². The van der Waals surface area contributed by atoms with Crippen LogP contribution in [0, 0.1) is 0 Å². The van der Waals surface area contributed by atoms with Crippen LogP contribution in [0.2, 0.25) is 0 Å². The number of urea groups is 1. The molecule has 0 radical (unpaired) electrons. The average Bonchev–Trinajstić information content (AvgIpc) is 2.99. The Kier molecular flexibility index (Phi) is 7.07. The molecule has 2 saturated heterocycles. The molecule has 2 heterocycles. The molecule has 0 spiro atoms. The van der Waals surface area contributed by atoms with Gasteiger partial charge in [0.1, 0.15) is 0 Å². The van der Waals surface area contributed by atoms with Crippen molar-refractivity contribution >= 4 is 11.9 Å². The van der Waals surface area contributed by atoms with Gasteiger partial charge in [-0.25, -0.2) is 4.79 Å². The van der Waals surface area contributed by atoms with Gasteiger partial charge in [-0.3, -0.25) is 9.69 Å². The predicted octanol–water partition coefficient (Wildman–Crippen LogP) is -0.617. The van der Waals surface area contributed by atoms with Crippen molar-refractivity contribution in [1.29, 1.82) is 0 Å². The van der Waals surface area contributed by atoms with Crippen molar-refractivity contribution in [1.82, 2.24) is 15.1 Å². The van der Waals surface area contributed by atoms with E-state index >= 15 is 0 Å². The smallest absolute Gasteiger partial charge is 0.317 e. The van der Waals surface area contributed by atoms with E-state index < -0.39 is 0 Å². The number of carbonyl (C=O) groups excluding carboxylic acids is 2. The van der Waals surface area contributed by atoms with E-state index in [1.54, 1.807) is 4.90 Å². The van der Waals surface area contributed by atoms with Gasteiger partial charge < -0.3 is 25.4 Å². The van der Waals surface area contributed by atoms with Gasteiger partial charge in [0.25, 0.3) is 0 Å². The summed E-state index contributed by atoms with van der Waals surface area (Å²) in [6, 6.07) is -0.0612. The zero-order valence-corrected chi connectivity index (χ0v) is 13.8. The van der Waals surface area contributed by atoms with E-state index in [0.29, 0.717) is 32.8 Å². The Morgan fingerprint density at radius 1 is 1.30 bits per heavy atom. The molecule has 3 amide bonds. The van der Waals surface area contributed by atoms with Crippen LogP contribution in [0.15, 0.2) is 0 Å². The van der Waals surface area contributed by atoms with E-state index in [1.807, 2.05) is 11.9 Å². The molecule has 0 bridgehead atoms. The summed E-state index contributed by atoms with van der Waals surface area (Å²) in [6.07, 6.45) is 3.25. The van der Waals surface area contributed by atoms with Crippen LogP contribution in [0.5, 0.6) is 0 Å². The van der Waals surface area contributed by atoms with Crippen LogP contribution in [0.1, 0.15) is 19.3 Å². The molecule has 0 aromatic carbocycles. The molecule has 2 atom stereocenters. The number of ether oxygens (including phenoxy) is 2. The number of hydrogen-bond donors (Lipinski definition) is 2. The van der Waals surface area contributed by atoms with Crippen LogP contribution < -0.4 is 11.1 Å². The largest absolute Gasteiger partial charge is 0.378 e. The minimum Gasteiger partial charge on any atom is -0.378 e. The molecule has 132 valence electrons. The monoisotopic (exact) mass is 328 g/mol. The normalized spacial score (nSPS) is 24.9. The number of carbonyl (C=O) groups is 2. The van der Waals surface area contributed by atoms with Crippen LogP contribution in [-0.2, 0) is 14.3 Å². The fourth-order valence-corrected chi connectivity index (χ4v) is 3.02. The van der Waals surface area contributed by atoms with E-state index in [-0.39, 0.29) is 30.7 Å². The third-order valence-corrected chi connectivity index (χ3v) is 4.13. The van der Waals surface area contributed by atoms with E-state index in [2.05, 4.69) is 5.32 Å². The molecule has 2 aliphatic heterocycles. The van der Waals surface area contributed by atoms with Crippen molar-refractivity contribution in [2.45, 2.75) is 31.5 Å². The van der Waals surface area contributed by atoms with Crippen molar-refractivity contribution in [3.63, 3.8) is 0 Å². The maximum atomic E-state index is 12.2. The van der Waals surface area contributed by atoms with Crippen molar-refractivity contribution in [2.75, 3.05) is 53.0 Å². The van der Waals surface area contributed by atoms with Crippen molar-refractivity contribution in [3.8, 4) is 0 Å². The van der Waals surface area contributed by atoms with Gasteiger partial charge in [0.05, 0.1) is 25.4 Å². The molecule has 0 aromatic rings.